The summed E-state index contributed by atoms with van der Waals surface area (Å²) in [5.41, 5.74) is 0.815. The van der Waals surface area contributed by atoms with E-state index in [1.165, 1.54) is 19.1 Å². The van der Waals surface area contributed by atoms with Gasteiger partial charge in [-0.05, 0) is 38.1 Å². The summed E-state index contributed by atoms with van der Waals surface area (Å²) >= 11 is 0. The molecule has 0 saturated carbocycles. The van der Waals surface area contributed by atoms with E-state index in [9.17, 15) is 14.0 Å². The van der Waals surface area contributed by atoms with Gasteiger partial charge in [-0.2, -0.15) is 5.26 Å². The zero-order chi connectivity index (χ0) is 19.8. The van der Waals surface area contributed by atoms with Crippen LogP contribution in [0.15, 0.2) is 42.5 Å². The third-order valence-electron chi connectivity index (χ3n) is 3.79. The van der Waals surface area contributed by atoms with Gasteiger partial charge in [-0.25, -0.2) is 4.39 Å². The van der Waals surface area contributed by atoms with Gasteiger partial charge in [-0.3, -0.25) is 9.59 Å². The average Bonchev–Trinajstić information content (AvgIpc) is 2.65. The van der Waals surface area contributed by atoms with Crippen molar-refractivity contribution in [1.29, 1.82) is 5.26 Å². The molecule has 0 aliphatic carbocycles. The number of amides is 1. The van der Waals surface area contributed by atoms with E-state index in [0.29, 0.717) is 23.5 Å². The molecule has 1 unspecified atom stereocenters. The van der Waals surface area contributed by atoms with Crippen molar-refractivity contribution in [3.05, 3.63) is 59.4 Å². The molecule has 27 heavy (non-hydrogen) atoms. The van der Waals surface area contributed by atoms with Crippen molar-refractivity contribution in [2.45, 2.75) is 20.0 Å². The molecule has 2 aromatic rings. The molecule has 0 spiro atoms. The first-order valence-corrected chi connectivity index (χ1v) is 8.40. The number of ether oxygens (including phenoxy) is 1. The van der Waals surface area contributed by atoms with Crippen LogP contribution in [0.3, 0.4) is 0 Å². The highest BCUT2D eigenvalue weighted by Crippen LogP contribution is 2.17. The number of rotatable bonds is 8. The lowest BCUT2D eigenvalue weighted by Crippen LogP contribution is -2.38. The van der Waals surface area contributed by atoms with Gasteiger partial charge in [0.05, 0.1) is 5.69 Å². The maximum absolute atomic E-state index is 13.5. The van der Waals surface area contributed by atoms with E-state index in [1.54, 1.807) is 43.3 Å². The zero-order valence-corrected chi connectivity index (χ0v) is 15.1. The van der Waals surface area contributed by atoms with Crippen LogP contribution in [0.5, 0.6) is 5.75 Å². The van der Waals surface area contributed by atoms with Crippen LogP contribution < -0.4 is 15.4 Å². The zero-order valence-electron chi connectivity index (χ0n) is 15.1. The molecule has 1 atom stereocenters. The summed E-state index contributed by atoms with van der Waals surface area (Å²) in [6.07, 6.45) is -0.754. The number of hydrogen-bond acceptors (Lipinski definition) is 5. The molecule has 0 saturated heterocycles. The number of nitriles is 1. The fourth-order valence-electron chi connectivity index (χ4n) is 2.36. The number of benzene rings is 2. The Balaban J connectivity index is 1.82. The van der Waals surface area contributed by atoms with Gasteiger partial charge in [0.1, 0.15) is 23.2 Å². The molecular weight excluding hydrogens is 349 g/mol. The van der Waals surface area contributed by atoms with Crippen molar-refractivity contribution in [2.75, 3.05) is 18.4 Å². The van der Waals surface area contributed by atoms with Crippen molar-refractivity contribution in [3.63, 3.8) is 0 Å². The largest absolute Gasteiger partial charge is 0.481 e. The third kappa shape index (κ3) is 5.54. The normalized spacial score (nSPS) is 11.2. The van der Waals surface area contributed by atoms with Crippen LogP contribution in [-0.4, -0.2) is 30.9 Å². The van der Waals surface area contributed by atoms with Gasteiger partial charge >= 0.3 is 0 Å². The summed E-state index contributed by atoms with van der Waals surface area (Å²) in [4.78, 5) is 23.5. The van der Waals surface area contributed by atoms with Gasteiger partial charge < -0.3 is 15.4 Å². The number of anilines is 1. The predicted octanol–water partition coefficient (Wildman–Crippen LogP) is 2.90. The van der Waals surface area contributed by atoms with Crippen molar-refractivity contribution in [2.24, 2.45) is 0 Å². The van der Waals surface area contributed by atoms with E-state index in [4.69, 9.17) is 10.00 Å². The smallest absolute Gasteiger partial charge is 0.260 e. The Morgan fingerprint density at radius 2 is 1.96 bits per heavy atom. The van der Waals surface area contributed by atoms with Crippen LogP contribution in [-0.2, 0) is 4.79 Å². The second-order valence-electron chi connectivity index (χ2n) is 5.84. The van der Waals surface area contributed by atoms with Gasteiger partial charge in [0.25, 0.3) is 5.91 Å². The van der Waals surface area contributed by atoms with Gasteiger partial charge in [-0.15, -0.1) is 0 Å². The summed E-state index contributed by atoms with van der Waals surface area (Å²) < 4.78 is 19.1. The average molecular weight is 369 g/mol. The predicted molar refractivity (Wildman–Crippen MR) is 99.2 cm³/mol. The number of carbonyl (C=O) groups excluding carboxylic acids is 2. The maximum atomic E-state index is 13.5. The number of carbonyl (C=O) groups is 2. The van der Waals surface area contributed by atoms with E-state index < -0.39 is 11.9 Å². The summed E-state index contributed by atoms with van der Waals surface area (Å²) in [5, 5.41) is 14.6. The van der Waals surface area contributed by atoms with Crippen LogP contribution in [0.25, 0.3) is 0 Å². The van der Waals surface area contributed by atoms with Crippen molar-refractivity contribution in [3.8, 4) is 11.8 Å². The number of ketones is 1. The fourth-order valence-corrected chi connectivity index (χ4v) is 2.36. The summed E-state index contributed by atoms with van der Waals surface area (Å²) in [5.74, 6) is -0.578. The van der Waals surface area contributed by atoms with Gasteiger partial charge in [0.15, 0.2) is 11.9 Å². The Labute approximate surface area is 157 Å². The Morgan fingerprint density at radius 1 is 1.22 bits per heavy atom. The Kier molecular flexibility index (Phi) is 6.89. The van der Waals surface area contributed by atoms with Crippen LogP contribution in [0.4, 0.5) is 10.1 Å². The molecule has 0 radical (unpaired) electrons. The van der Waals surface area contributed by atoms with Crippen LogP contribution in [0.1, 0.15) is 29.8 Å². The minimum atomic E-state index is -0.754. The lowest BCUT2D eigenvalue weighted by molar-refractivity contribution is -0.127. The molecule has 0 bridgehead atoms. The highest BCUT2D eigenvalue weighted by molar-refractivity contribution is 5.94. The topological polar surface area (TPSA) is 91.2 Å². The second-order valence-corrected chi connectivity index (χ2v) is 5.84. The Bertz CT molecular complexity index is 877. The molecule has 0 heterocycles. The molecule has 2 aromatic carbocycles. The molecule has 6 nitrogen and oxygen atoms in total. The lowest BCUT2D eigenvalue weighted by Gasteiger charge is -2.15. The van der Waals surface area contributed by atoms with Crippen LogP contribution in [0.2, 0.25) is 0 Å². The number of hydrogen-bond donors (Lipinski definition) is 2. The van der Waals surface area contributed by atoms with Crippen molar-refractivity contribution in [1.82, 2.24) is 5.32 Å². The molecule has 140 valence electrons. The molecule has 2 N–H and O–H groups in total. The number of nitrogens with zero attached hydrogens (tertiary/aromatic N) is 1. The number of nitrogens with one attached hydrogen (secondary N) is 2. The first-order valence-electron chi connectivity index (χ1n) is 8.40. The molecule has 0 aromatic heterocycles. The minimum absolute atomic E-state index is 0.0640. The SMILES string of the molecule is CC(=O)c1cccc(OC(C)C(=O)NCCNc2cccc(F)c2C#N)c1. The van der Waals surface area contributed by atoms with Gasteiger partial charge in [0, 0.05) is 18.7 Å². The molecule has 1 amide bonds. The minimum Gasteiger partial charge on any atom is -0.481 e. The van der Waals surface area contributed by atoms with E-state index in [2.05, 4.69) is 10.6 Å². The quantitative estimate of drug-likeness (QED) is 0.551. The highest BCUT2D eigenvalue weighted by Gasteiger charge is 2.15. The number of Topliss-reactive ketones (excluding diaryl/α,β-unsaturated/α-hetero) is 1. The second kappa shape index (κ2) is 9.34. The van der Waals surface area contributed by atoms with E-state index >= 15 is 0 Å². The van der Waals surface area contributed by atoms with Crippen LogP contribution in [0, 0.1) is 17.1 Å². The Morgan fingerprint density at radius 3 is 2.67 bits per heavy atom. The molecule has 0 fully saturated rings. The summed E-state index contributed by atoms with van der Waals surface area (Å²) in [6.45, 7) is 3.64. The molecule has 2 rings (SSSR count). The van der Waals surface area contributed by atoms with E-state index in [1.807, 2.05) is 0 Å². The molecular formula is C20H20FN3O3. The van der Waals surface area contributed by atoms with Gasteiger partial charge in [0.2, 0.25) is 0 Å². The van der Waals surface area contributed by atoms with Crippen molar-refractivity contribution < 1.29 is 18.7 Å². The van der Waals surface area contributed by atoms with Gasteiger partial charge in [-0.1, -0.05) is 18.2 Å². The van der Waals surface area contributed by atoms with Crippen LogP contribution >= 0.6 is 0 Å². The summed E-state index contributed by atoms with van der Waals surface area (Å²) in [7, 11) is 0. The first-order chi connectivity index (χ1) is 12.9. The molecule has 0 aliphatic rings. The fraction of sp³-hybridized carbons (Fsp3) is 0.250. The first kappa shape index (κ1) is 19.9. The monoisotopic (exact) mass is 369 g/mol. The Hall–Kier alpha value is -3.40. The summed E-state index contributed by atoms with van der Waals surface area (Å²) in [6, 6.07) is 12.7. The van der Waals surface area contributed by atoms with Crippen molar-refractivity contribution >= 4 is 17.4 Å². The molecule has 7 heteroatoms. The standard InChI is InChI=1S/C20H20FN3O3/c1-13(25)15-5-3-6-16(11-15)27-14(2)20(26)24-10-9-23-19-8-4-7-18(21)17(19)12-22/h3-8,11,14,23H,9-10H2,1-2H3,(H,24,26). The maximum Gasteiger partial charge on any atom is 0.260 e. The van der Waals surface area contributed by atoms with E-state index in [-0.39, 0.29) is 23.8 Å². The van der Waals surface area contributed by atoms with E-state index in [0.717, 1.165) is 0 Å². The third-order valence-corrected chi connectivity index (χ3v) is 3.79. The number of halogens is 1. The highest BCUT2D eigenvalue weighted by atomic mass is 19.1. The molecule has 0 aliphatic heterocycles. The lowest BCUT2D eigenvalue weighted by atomic mass is 10.1.